The van der Waals surface area contributed by atoms with E-state index < -0.39 is 0 Å². The lowest BCUT2D eigenvalue weighted by Crippen LogP contribution is -2.42. The van der Waals surface area contributed by atoms with Crippen molar-refractivity contribution in [2.24, 2.45) is 0 Å². The molecule has 8 nitrogen and oxygen atoms in total. The molecule has 1 saturated heterocycles. The van der Waals surface area contributed by atoms with Crippen LogP contribution in [0.15, 0.2) is 47.3 Å². The maximum Gasteiger partial charge on any atom is 0.252 e. The SMILES string of the molecule is CCN(c1cc(-c2ccc(CN3CCOCC3)cc2)cc(COCNCc2c(C)cc(C)[nH]c2=O)c1C)C1CCC(N(C)C)CC1. The Kier molecular flexibility index (Phi) is 12.1. The van der Waals surface area contributed by atoms with Crippen LogP contribution in [0.3, 0.4) is 0 Å². The van der Waals surface area contributed by atoms with Crippen molar-refractivity contribution in [3.8, 4) is 11.1 Å². The zero-order valence-corrected chi connectivity index (χ0v) is 29.0. The third-order valence-corrected chi connectivity index (χ3v) is 10.0. The van der Waals surface area contributed by atoms with Crippen LogP contribution in [0, 0.1) is 20.8 Å². The highest BCUT2D eigenvalue weighted by molar-refractivity contribution is 5.73. The van der Waals surface area contributed by atoms with E-state index in [1.54, 1.807) is 0 Å². The number of hydrogen-bond donors (Lipinski definition) is 2. The lowest BCUT2D eigenvalue weighted by atomic mass is 9.88. The van der Waals surface area contributed by atoms with Crippen molar-refractivity contribution in [1.29, 1.82) is 0 Å². The quantitative estimate of drug-likeness (QED) is 0.184. The summed E-state index contributed by atoms with van der Waals surface area (Å²) in [6.07, 6.45) is 4.90. The molecule has 2 fully saturated rings. The number of aromatic amines is 1. The number of nitrogens with zero attached hydrogens (tertiary/aromatic N) is 3. The Labute approximate surface area is 276 Å². The van der Waals surface area contributed by atoms with E-state index in [1.807, 2.05) is 19.9 Å². The number of nitrogens with one attached hydrogen (secondary N) is 2. The lowest BCUT2D eigenvalue weighted by Gasteiger charge is -2.40. The predicted molar refractivity (Wildman–Crippen MR) is 188 cm³/mol. The topological polar surface area (TPSA) is 73.1 Å². The number of pyridine rings is 1. The molecule has 2 N–H and O–H groups in total. The second-order valence-corrected chi connectivity index (χ2v) is 13.4. The highest BCUT2D eigenvalue weighted by Crippen LogP contribution is 2.36. The molecule has 250 valence electrons. The van der Waals surface area contributed by atoms with Gasteiger partial charge >= 0.3 is 0 Å². The molecule has 1 aliphatic heterocycles. The van der Waals surface area contributed by atoms with Crippen LogP contribution < -0.4 is 15.8 Å². The van der Waals surface area contributed by atoms with E-state index in [9.17, 15) is 4.79 Å². The fourth-order valence-electron chi connectivity index (χ4n) is 7.21. The minimum absolute atomic E-state index is 0.0339. The maximum absolute atomic E-state index is 12.4. The van der Waals surface area contributed by atoms with Gasteiger partial charge in [-0.1, -0.05) is 24.3 Å². The van der Waals surface area contributed by atoms with E-state index in [0.717, 1.165) is 56.2 Å². The Balaban J connectivity index is 1.34. The summed E-state index contributed by atoms with van der Waals surface area (Å²) in [4.78, 5) is 22.8. The maximum atomic E-state index is 12.4. The summed E-state index contributed by atoms with van der Waals surface area (Å²) in [5.41, 5.74) is 10.2. The van der Waals surface area contributed by atoms with Crippen molar-refractivity contribution in [1.82, 2.24) is 20.1 Å². The fraction of sp³-hybridized carbons (Fsp3) is 0.553. The van der Waals surface area contributed by atoms with Gasteiger partial charge < -0.3 is 24.3 Å². The monoisotopic (exact) mass is 629 g/mol. The molecule has 5 rings (SSSR count). The first kappa shape index (κ1) is 34.3. The number of ether oxygens (including phenoxy) is 2. The molecule has 0 amide bonds. The summed E-state index contributed by atoms with van der Waals surface area (Å²) in [7, 11) is 4.42. The van der Waals surface area contributed by atoms with Gasteiger partial charge in [0.1, 0.15) is 0 Å². The van der Waals surface area contributed by atoms with Crippen LogP contribution >= 0.6 is 0 Å². The number of H-pyrrole nitrogens is 1. The average molecular weight is 630 g/mol. The Morgan fingerprint density at radius 2 is 1.65 bits per heavy atom. The molecule has 0 atom stereocenters. The zero-order chi connectivity index (χ0) is 32.6. The average Bonchev–Trinajstić information content (AvgIpc) is 3.04. The Morgan fingerprint density at radius 3 is 2.30 bits per heavy atom. The fourth-order valence-corrected chi connectivity index (χ4v) is 7.21. The van der Waals surface area contributed by atoms with Crippen molar-refractivity contribution in [2.45, 2.75) is 85.2 Å². The van der Waals surface area contributed by atoms with Crippen LogP contribution in [0.1, 0.15) is 66.1 Å². The van der Waals surface area contributed by atoms with E-state index in [2.05, 4.69) is 89.3 Å². The summed E-state index contributed by atoms with van der Waals surface area (Å²) in [5, 5.41) is 3.32. The van der Waals surface area contributed by atoms with Crippen molar-refractivity contribution in [2.75, 3.05) is 58.6 Å². The predicted octanol–water partition coefficient (Wildman–Crippen LogP) is 5.76. The minimum atomic E-state index is -0.0339. The second kappa shape index (κ2) is 16.2. The van der Waals surface area contributed by atoms with E-state index in [0.29, 0.717) is 32.0 Å². The van der Waals surface area contributed by atoms with Crippen LogP contribution in [-0.4, -0.2) is 80.5 Å². The molecule has 46 heavy (non-hydrogen) atoms. The Bertz CT molecular complexity index is 1470. The molecule has 2 aliphatic rings. The molecular weight excluding hydrogens is 574 g/mol. The highest BCUT2D eigenvalue weighted by atomic mass is 16.5. The summed E-state index contributed by atoms with van der Waals surface area (Å²) in [5.74, 6) is 0. The van der Waals surface area contributed by atoms with Crippen molar-refractivity contribution in [3.05, 3.63) is 86.3 Å². The van der Waals surface area contributed by atoms with Gasteiger partial charge in [0.05, 0.1) is 26.6 Å². The largest absolute Gasteiger partial charge is 0.379 e. The summed E-state index contributed by atoms with van der Waals surface area (Å²) in [6.45, 7) is 15.3. The molecule has 0 unspecified atom stereocenters. The number of anilines is 1. The molecular formula is C38H55N5O3. The van der Waals surface area contributed by atoms with E-state index in [-0.39, 0.29) is 5.56 Å². The molecule has 0 bridgehead atoms. The van der Waals surface area contributed by atoms with Gasteiger partial charge in [-0.05, 0) is 119 Å². The molecule has 1 aromatic heterocycles. The van der Waals surface area contributed by atoms with Gasteiger partial charge in [0.15, 0.2) is 0 Å². The molecule has 3 aromatic rings. The molecule has 2 aromatic carbocycles. The number of benzene rings is 2. The first-order chi connectivity index (χ1) is 22.2. The molecule has 0 spiro atoms. The number of hydrogen-bond acceptors (Lipinski definition) is 7. The number of aryl methyl sites for hydroxylation is 2. The van der Waals surface area contributed by atoms with Crippen LogP contribution in [0.4, 0.5) is 5.69 Å². The highest BCUT2D eigenvalue weighted by Gasteiger charge is 2.28. The van der Waals surface area contributed by atoms with Gasteiger partial charge in [-0.2, -0.15) is 0 Å². The van der Waals surface area contributed by atoms with Gasteiger partial charge in [0, 0.05) is 61.8 Å². The summed E-state index contributed by atoms with van der Waals surface area (Å²) < 4.78 is 11.7. The smallest absolute Gasteiger partial charge is 0.252 e. The number of aromatic nitrogens is 1. The number of rotatable bonds is 13. The van der Waals surface area contributed by atoms with Gasteiger partial charge in [-0.25, -0.2) is 0 Å². The van der Waals surface area contributed by atoms with Gasteiger partial charge in [0.25, 0.3) is 5.56 Å². The van der Waals surface area contributed by atoms with Crippen molar-refractivity contribution in [3.63, 3.8) is 0 Å². The molecule has 1 aliphatic carbocycles. The molecule has 0 radical (unpaired) electrons. The first-order valence-corrected chi connectivity index (χ1v) is 17.2. The first-order valence-electron chi connectivity index (χ1n) is 17.2. The molecule has 2 heterocycles. The van der Waals surface area contributed by atoms with Crippen LogP contribution in [0.5, 0.6) is 0 Å². The third kappa shape index (κ3) is 8.66. The third-order valence-electron chi connectivity index (χ3n) is 10.0. The standard InChI is InChI=1S/C38H55N5O3/c1-7-43(35-14-12-34(13-15-35)41(5)6)37-22-32(31-10-8-30(9-11-31)24-42-16-18-45-19-17-42)21-33(29(37)4)25-46-26-39-23-36-27(2)20-28(3)40-38(36)44/h8-11,20-22,34-35,39H,7,12-19,23-26H2,1-6H3,(H,40,44). The normalized spacial score (nSPS) is 19.1. The molecule has 8 heteroatoms. The summed E-state index contributed by atoms with van der Waals surface area (Å²) >= 11 is 0. The van der Waals surface area contributed by atoms with E-state index in [4.69, 9.17) is 9.47 Å². The van der Waals surface area contributed by atoms with Gasteiger partial charge in [-0.3, -0.25) is 15.0 Å². The second-order valence-electron chi connectivity index (χ2n) is 13.4. The molecule has 1 saturated carbocycles. The summed E-state index contributed by atoms with van der Waals surface area (Å²) in [6, 6.07) is 17.0. The van der Waals surface area contributed by atoms with Crippen molar-refractivity contribution >= 4 is 5.69 Å². The lowest BCUT2D eigenvalue weighted by molar-refractivity contribution is 0.0342. The Morgan fingerprint density at radius 1 is 0.957 bits per heavy atom. The van der Waals surface area contributed by atoms with Crippen LogP contribution in [0.2, 0.25) is 0 Å². The Hall–Kier alpha value is -3.01. The zero-order valence-electron chi connectivity index (χ0n) is 29.0. The van der Waals surface area contributed by atoms with E-state index in [1.165, 1.54) is 59.2 Å². The van der Waals surface area contributed by atoms with Crippen LogP contribution in [0.25, 0.3) is 11.1 Å². The van der Waals surface area contributed by atoms with E-state index >= 15 is 0 Å². The van der Waals surface area contributed by atoms with Gasteiger partial charge in [-0.15, -0.1) is 0 Å². The van der Waals surface area contributed by atoms with Crippen LogP contribution in [-0.2, 0) is 29.2 Å². The number of morpholine rings is 1. The van der Waals surface area contributed by atoms with Gasteiger partial charge in [0.2, 0.25) is 0 Å². The minimum Gasteiger partial charge on any atom is -0.379 e. The van der Waals surface area contributed by atoms with Crippen molar-refractivity contribution < 1.29 is 9.47 Å².